The van der Waals surface area contributed by atoms with Crippen LogP contribution >= 0.6 is 0 Å². The van der Waals surface area contributed by atoms with Gasteiger partial charge in [0.1, 0.15) is 18.2 Å². The fourth-order valence-corrected chi connectivity index (χ4v) is 1.82. The van der Waals surface area contributed by atoms with Gasteiger partial charge >= 0.3 is 0 Å². The summed E-state index contributed by atoms with van der Waals surface area (Å²) < 4.78 is 18.8. The molecule has 3 heteroatoms. The third kappa shape index (κ3) is 3.55. The van der Waals surface area contributed by atoms with Crippen molar-refractivity contribution < 1.29 is 9.13 Å². The Balaban J connectivity index is 2.04. The van der Waals surface area contributed by atoms with Crippen LogP contribution in [0.1, 0.15) is 29.7 Å². The Hall–Kier alpha value is -1.87. The molecule has 0 bridgehead atoms. The average molecular weight is 259 g/mol. The van der Waals surface area contributed by atoms with E-state index in [1.807, 2.05) is 38.1 Å². The SMILES string of the molecule is Cc1ccc(F)cc1COc1ccc(C(C)N)cc1. The van der Waals surface area contributed by atoms with Crippen molar-refractivity contribution in [1.29, 1.82) is 0 Å². The molecule has 1 unspecified atom stereocenters. The number of aryl methyl sites for hydroxylation is 1. The summed E-state index contributed by atoms with van der Waals surface area (Å²) in [5.74, 6) is 0.518. The number of halogens is 1. The standard InChI is InChI=1S/C16H18FNO/c1-11-3-6-15(17)9-14(11)10-19-16-7-4-13(5-8-16)12(2)18/h3-9,12H,10,18H2,1-2H3. The van der Waals surface area contributed by atoms with Crippen LogP contribution in [0.2, 0.25) is 0 Å². The lowest BCUT2D eigenvalue weighted by molar-refractivity contribution is 0.304. The highest BCUT2D eigenvalue weighted by Crippen LogP contribution is 2.18. The number of hydrogen-bond donors (Lipinski definition) is 1. The Labute approximate surface area is 113 Å². The van der Waals surface area contributed by atoms with E-state index in [1.165, 1.54) is 12.1 Å². The van der Waals surface area contributed by atoms with E-state index >= 15 is 0 Å². The summed E-state index contributed by atoms with van der Waals surface area (Å²) >= 11 is 0. The maximum absolute atomic E-state index is 13.1. The number of benzene rings is 2. The molecule has 19 heavy (non-hydrogen) atoms. The molecular formula is C16H18FNO. The van der Waals surface area contributed by atoms with E-state index in [9.17, 15) is 4.39 Å². The second-order valence-electron chi connectivity index (χ2n) is 4.72. The van der Waals surface area contributed by atoms with Crippen molar-refractivity contribution in [3.05, 3.63) is 65.0 Å². The van der Waals surface area contributed by atoms with Crippen molar-refractivity contribution in [3.8, 4) is 5.75 Å². The highest BCUT2D eigenvalue weighted by atomic mass is 19.1. The summed E-state index contributed by atoms with van der Waals surface area (Å²) in [6, 6.07) is 12.4. The Bertz CT molecular complexity index is 549. The maximum Gasteiger partial charge on any atom is 0.123 e. The van der Waals surface area contributed by atoms with E-state index in [0.717, 1.165) is 22.4 Å². The van der Waals surface area contributed by atoms with Gasteiger partial charge in [0.05, 0.1) is 0 Å². The molecule has 0 aliphatic heterocycles. The molecule has 0 spiro atoms. The van der Waals surface area contributed by atoms with Crippen LogP contribution in [-0.4, -0.2) is 0 Å². The monoisotopic (exact) mass is 259 g/mol. The minimum Gasteiger partial charge on any atom is -0.489 e. The van der Waals surface area contributed by atoms with Crippen LogP contribution < -0.4 is 10.5 Å². The Morgan fingerprint density at radius 3 is 2.47 bits per heavy atom. The van der Waals surface area contributed by atoms with Gasteiger partial charge in [0, 0.05) is 6.04 Å². The van der Waals surface area contributed by atoms with E-state index in [2.05, 4.69) is 0 Å². The number of nitrogens with two attached hydrogens (primary N) is 1. The summed E-state index contributed by atoms with van der Waals surface area (Å²) in [5.41, 5.74) is 8.73. The summed E-state index contributed by atoms with van der Waals surface area (Å²) in [7, 11) is 0. The Kier molecular flexibility index (Phi) is 4.17. The third-order valence-corrected chi connectivity index (χ3v) is 3.11. The van der Waals surface area contributed by atoms with Crippen molar-refractivity contribution in [2.75, 3.05) is 0 Å². The van der Waals surface area contributed by atoms with Crippen molar-refractivity contribution in [3.63, 3.8) is 0 Å². The zero-order chi connectivity index (χ0) is 13.8. The minimum absolute atomic E-state index is 0.0134. The molecule has 0 fully saturated rings. The first-order valence-electron chi connectivity index (χ1n) is 6.29. The molecule has 2 rings (SSSR count). The lowest BCUT2D eigenvalue weighted by Crippen LogP contribution is -2.04. The van der Waals surface area contributed by atoms with Crippen molar-refractivity contribution in [1.82, 2.24) is 0 Å². The van der Waals surface area contributed by atoms with Crippen molar-refractivity contribution in [2.45, 2.75) is 26.5 Å². The van der Waals surface area contributed by atoms with Crippen LogP contribution in [0.3, 0.4) is 0 Å². The van der Waals surface area contributed by atoms with Crippen molar-refractivity contribution >= 4 is 0 Å². The molecule has 1 atom stereocenters. The highest BCUT2D eigenvalue weighted by Gasteiger charge is 2.03. The zero-order valence-corrected chi connectivity index (χ0v) is 11.2. The number of hydrogen-bond acceptors (Lipinski definition) is 2. The van der Waals surface area contributed by atoms with Crippen LogP contribution in [0.15, 0.2) is 42.5 Å². The molecular weight excluding hydrogens is 241 g/mol. The van der Waals surface area contributed by atoms with E-state index in [4.69, 9.17) is 10.5 Å². The third-order valence-electron chi connectivity index (χ3n) is 3.11. The van der Waals surface area contributed by atoms with Gasteiger partial charge in [-0.1, -0.05) is 18.2 Å². The van der Waals surface area contributed by atoms with Gasteiger partial charge < -0.3 is 10.5 Å². The molecule has 2 aromatic carbocycles. The summed E-state index contributed by atoms with van der Waals surface area (Å²) in [6.45, 7) is 4.24. The van der Waals surface area contributed by atoms with Gasteiger partial charge in [0.25, 0.3) is 0 Å². The van der Waals surface area contributed by atoms with Crippen LogP contribution in [0.25, 0.3) is 0 Å². The second kappa shape index (κ2) is 5.85. The van der Waals surface area contributed by atoms with Crippen molar-refractivity contribution in [2.24, 2.45) is 5.73 Å². The predicted molar refractivity (Wildman–Crippen MR) is 74.5 cm³/mol. The first kappa shape index (κ1) is 13.6. The van der Waals surface area contributed by atoms with E-state index in [-0.39, 0.29) is 11.9 Å². The van der Waals surface area contributed by atoms with E-state index in [0.29, 0.717) is 6.61 Å². The fourth-order valence-electron chi connectivity index (χ4n) is 1.82. The van der Waals surface area contributed by atoms with Gasteiger partial charge in [-0.3, -0.25) is 0 Å². The molecule has 0 saturated heterocycles. The molecule has 0 amide bonds. The molecule has 0 aromatic heterocycles. The second-order valence-corrected chi connectivity index (χ2v) is 4.72. The molecule has 100 valence electrons. The van der Waals surface area contributed by atoms with Crippen LogP contribution in [-0.2, 0) is 6.61 Å². The van der Waals surface area contributed by atoms with Gasteiger partial charge in [-0.15, -0.1) is 0 Å². The van der Waals surface area contributed by atoms with Crippen LogP contribution in [0, 0.1) is 12.7 Å². The fraction of sp³-hybridized carbons (Fsp3) is 0.250. The first-order chi connectivity index (χ1) is 9.06. The van der Waals surface area contributed by atoms with E-state index in [1.54, 1.807) is 6.07 Å². The van der Waals surface area contributed by atoms with Gasteiger partial charge in [0.15, 0.2) is 0 Å². The normalized spacial score (nSPS) is 12.2. The number of ether oxygens (including phenoxy) is 1. The topological polar surface area (TPSA) is 35.2 Å². The first-order valence-corrected chi connectivity index (χ1v) is 6.29. The summed E-state index contributed by atoms with van der Waals surface area (Å²) in [4.78, 5) is 0. The molecule has 2 nitrogen and oxygen atoms in total. The molecule has 0 heterocycles. The van der Waals surface area contributed by atoms with Gasteiger partial charge in [-0.2, -0.15) is 0 Å². The molecule has 2 N–H and O–H groups in total. The Morgan fingerprint density at radius 1 is 1.16 bits per heavy atom. The van der Waals surface area contributed by atoms with Gasteiger partial charge in [-0.25, -0.2) is 4.39 Å². The quantitative estimate of drug-likeness (QED) is 0.908. The van der Waals surface area contributed by atoms with Gasteiger partial charge in [0.2, 0.25) is 0 Å². The van der Waals surface area contributed by atoms with E-state index < -0.39 is 0 Å². The summed E-state index contributed by atoms with van der Waals surface area (Å²) in [6.07, 6.45) is 0. The molecule has 0 radical (unpaired) electrons. The largest absolute Gasteiger partial charge is 0.489 e. The van der Waals surface area contributed by atoms with Crippen LogP contribution in [0.5, 0.6) is 5.75 Å². The molecule has 0 aliphatic carbocycles. The number of rotatable bonds is 4. The minimum atomic E-state index is -0.239. The van der Waals surface area contributed by atoms with Crippen LogP contribution in [0.4, 0.5) is 4.39 Å². The average Bonchev–Trinajstić information content (AvgIpc) is 2.40. The van der Waals surface area contributed by atoms with Gasteiger partial charge in [-0.05, 0) is 54.8 Å². The molecule has 0 aliphatic rings. The predicted octanol–water partition coefficient (Wildman–Crippen LogP) is 3.73. The highest BCUT2D eigenvalue weighted by molar-refractivity contribution is 5.30. The smallest absolute Gasteiger partial charge is 0.123 e. The Morgan fingerprint density at radius 2 is 1.84 bits per heavy atom. The summed E-state index contributed by atoms with van der Waals surface area (Å²) in [5, 5.41) is 0. The zero-order valence-electron chi connectivity index (χ0n) is 11.2. The molecule has 0 saturated carbocycles. The lowest BCUT2D eigenvalue weighted by Gasteiger charge is -2.10. The molecule has 2 aromatic rings. The lowest BCUT2D eigenvalue weighted by atomic mass is 10.1. The maximum atomic E-state index is 13.1.